The minimum absolute atomic E-state index is 0.0196. The lowest BCUT2D eigenvalue weighted by Gasteiger charge is -2.34. The van der Waals surface area contributed by atoms with E-state index in [2.05, 4.69) is 21.2 Å². The highest BCUT2D eigenvalue weighted by Crippen LogP contribution is 2.32. The van der Waals surface area contributed by atoms with Crippen LogP contribution in [0.3, 0.4) is 0 Å². The van der Waals surface area contributed by atoms with E-state index in [0.29, 0.717) is 5.75 Å². The average molecular weight is 753 g/mol. The van der Waals surface area contributed by atoms with Crippen molar-refractivity contribution in [1.29, 1.82) is 0 Å². The fourth-order valence-corrected chi connectivity index (χ4v) is 8.03. The third kappa shape index (κ3) is 8.78. The van der Waals surface area contributed by atoms with Gasteiger partial charge in [0.25, 0.3) is 10.0 Å². The van der Waals surface area contributed by atoms with Gasteiger partial charge in [0, 0.05) is 23.5 Å². The zero-order valence-electron chi connectivity index (χ0n) is 26.9. The molecule has 4 aromatic carbocycles. The maximum absolute atomic E-state index is 14.7. The highest BCUT2D eigenvalue weighted by atomic mass is 79.9. The van der Waals surface area contributed by atoms with Crippen LogP contribution in [0.1, 0.15) is 42.4 Å². The molecule has 1 saturated carbocycles. The molecule has 5 rings (SSSR count). The number of carbonyl (C=O) groups is 2. The van der Waals surface area contributed by atoms with Gasteiger partial charge >= 0.3 is 0 Å². The van der Waals surface area contributed by atoms with Gasteiger partial charge in [-0.1, -0.05) is 101 Å². The van der Waals surface area contributed by atoms with Crippen molar-refractivity contribution in [1.82, 2.24) is 10.2 Å². The van der Waals surface area contributed by atoms with Crippen molar-refractivity contribution in [2.24, 2.45) is 0 Å². The number of nitrogens with zero attached hydrogens (tertiary/aromatic N) is 2. The molecule has 0 radical (unpaired) electrons. The second-order valence-corrected chi connectivity index (χ2v) is 15.2. The Morgan fingerprint density at radius 3 is 2.27 bits per heavy atom. The number of amides is 2. The van der Waals surface area contributed by atoms with Gasteiger partial charge in [-0.15, -0.1) is 0 Å². The summed E-state index contributed by atoms with van der Waals surface area (Å²) in [6.07, 6.45) is 4.07. The Kier molecular flexibility index (Phi) is 11.8. The van der Waals surface area contributed by atoms with Gasteiger partial charge in [-0.05, 0) is 73.4 Å². The van der Waals surface area contributed by atoms with E-state index in [1.165, 1.54) is 30.2 Å². The van der Waals surface area contributed by atoms with Crippen molar-refractivity contribution < 1.29 is 22.7 Å². The van der Waals surface area contributed by atoms with Crippen molar-refractivity contribution in [3.63, 3.8) is 0 Å². The van der Waals surface area contributed by atoms with Gasteiger partial charge in [0.2, 0.25) is 11.8 Å². The van der Waals surface area contributed by atoms with Gasteiger partial charge in [0.15, 0.2) is 0 Å². The highest BCUT2D eigenvalue weighted by molar-refractivity contribution is 9.10. The van der Waals surface area contributed by atoms with E-state index in [9.17, 15) is 18.0 Å². The van der Waals surface area contributed by atoms with Crippen LogP contribution in [-0.2, 0) is 32.6 Å². The van der Waals surface area contributed by atoms with Gasteiger partial charge in [-0.2, -0.15) is 0 Å². The first-order chi connectivity index (χ1) is 23.0. The first-order valence-electron chi connectivity index (χ1n) is 15.9. The fraction of sp³-hybridized carbons (Fsp3) is 0.297. The number of sulfonamides is 1. The number of hydrogen-bond acceptors (Lipinski definition) is 5. The summed E-state index contributed by atoms with van der Waals surface area (Å²) in [6, 6.07) is 27.2. The SMILES string of the molecule is COc1ccc(N(CC(=O)N(Cc2cccc(Br)c2)[C@@H](Cc2ccccc2)C(=O)NC2CCCC2)S(=O)(=O)c2ccc(C)cc2)cc1Cl. The van der Waals surface area contributed by atoms with Crippen molar-refractivity contribution in [2.75, 3.05) is 18.0 Å². The van der Waals surface area contributed by atoms with Gasteiger partial charge < -0.3 is 15.0 Å². The molecular weight excluding hydrogens is 714 g/mol. The van der Waals surface area contributed by atoms with Crippen LogP contribution < -0.4 is 14.4 Å². The molecule has 4 aromatic rings. The van der Waals surface area contributed by atoms with E-state index < -0.39 is 28.5 Å². The minimum atomic E-state index is -4.26. The normalized spacial score (nSPS) is 13.9. The van der Waals surface area contributed by atoms with Crippen molar-refractivity contribution in [3.05, 3.63) is 123 Å². The van der Waals surface area contributed by atoms with Crippen LogP contribution in [0.5, 0.6) is 5.75 Å². The second-order valence-electron chi connectivity index (χ2n) is 12.0. The maximum atomic E-state index is 14.7. The largest absolute Gasteiger partial charge is 0.495 e. The smallest absolute Gasteiger partial charge is 0.264 e. The first-order valence-corrected chi connectivity index (χ1v) is 18.5. The molecule has 0 aliphatic heterocycles. The molecule has 1 N–H and O–H groups in total. The van der Waals surface area contributed by atoms with Crippen LogP contribution in [0.25, 0.3) is 0 Å². The Hall–Kier alpha value is -3.86. The molecule has 0 spiro atoms. The van der Waals surface area contributed by atoms with E-state index in [1.54, 1.807) is 24.3 Å². The summed E-state index contributed by atoms with van der Waals surface area (Å²) in [5.41, 5.74) is 2.74. The summed E-state index contributed by atoms with van der Waals surface area (Å²) < 4.78 is 35.8. The monoisotopic (exact) mass is 751 g/mol. The molecule has 1 aliphatic rings. The van der Waals surface area contributed by atoms with Gasteiger partial charge in [-0.25, -0.2) is 8.42 Å². The molecule has 2 amide bonds. The van der Waals surface area contributed by atoms with Crippen LogP contribution in [0, 0.1) is 6.92 Å². The van der Waals surface area contributed by atoms with Gasteiger partial charge in [0.05, 0.1) is 22.7 Å². The van der Waals surface area contributed by atoms with Crippen LogP contribution in [0.15, 0.2) is 106 Å². The molecule has 252 valence electrons. The summed E-state index contributed by atoms with van der Waals surface area (Å²) in [6.45, 7) is 1.37. The molecule has 0 unspecified atom stereocenters. The number of methoxy groups -OCH3 is 1. The number of anilines is 1. The van der Waals surface area contributed by atoms with Crippen LogP contribution in [-0.4, -0.2) is 50.9 Å². The predicted molar refractivity (Wildman–Crippen MR) is 193 cm³/mol. The van der Waals surface area contributed by atoms with E-state index in [1.807, 2.05) is 61.5 Å². The first kappa shape index (κ1) is 35.4. The summed E-state index contributed by atoms with van der Waals surface area (Å²) in [5, 5.41) is 3.38. The summed E-state index contributed by atoms with van der Waals surface area (Å²) in [4.78, 5) is 30.4. The topological polar surface area (TPSA) is 96.0 Å². The van der Waals surface area contributed by atoms with Crippen molar-refractivity contribution >= 4 is 55.1 Å². The predicted octanol–water partition coefficient (Wildman–Crippen LogP) is 7.31. The maximum Gasteiger partial charge on any atom is 0.264 e. The van der Waals surface area contributed by atoms with E-state index >= 15 is 0 Å². The number of ether oxygens (including phenoxy) is 1. The molecular formula is C37H39BrClN3O5S. The van der Waals surface area contributed by atoms with Gasteiger partial charge in [0.1, 0.15) is 18.3 Å². The lowest BCUT2D eigenvalue weighted by molar-refractivity contribution is -0.140. The third-order valence-electron chi connectivity index (χ3n) is 8.53. The summed E-state index contributed by atoms with van der Waals surface area (Å²) >= 11 is 10.00. The summed E-state index contributed by atoms with van der Waals surface area (Å²) in [7, 11) is -2.79. The van der Waals surface area contributed by atoms with Crippen LogP contribution >= 0.6 is 27.5 Å². The Labute approximate surface area is 296 Å². The molecule has 1 atom stereocenters. The van der Waals surface area contributed by atoms with Crippen LogP contribution in [0.4, 0.5) is 5.69 Å². The number of hydrogen-bond donors (Lipinski definition) is 1. The Balaban J connectivity index is 1.58. The molecule has 1 fully saturated rings. The average Bonchev–Trinajstić information content (AvgIpc) is 3.58. The zero-order chi connectivity index (χ0) is 34.3. The molecule has 0 heterocycles. The Morgan fingerprint density at radius 2 is 1.62 bits per heavy atom. The number of benzene rings is 4. The molecule has 0 saturated heterocycles. The lowest BCUT2D eigenvalue weighted by Crippen LogP contribution is -2.54. The number of halogens is 2. The van der Waals surface area contributed by atoms with E-state index in [-0.39, 0.29) is 40.5 Å². The van der Waals surface area contributed by atoms with Crippen molar-refractivity contribution in [3.8, 4) is 5.75 Å². The number of carbonyl (C=O) groups excluding carboxylic acids is 2. The molecule has 1 aliphatic carbocycles. The molecule has 48 heavy (non-hydrogen) atoms. The molecule has 8 nitrogen and oxygen atoms in total. The number of nitrogens with one attached hydrogen (secondary N) is 1. The third-order valence-corrected chi connectivity index (χ3v) is 11.1. The quantitative estimate of drug-likeness (QED) is 0.155. The van der Waals surface area contributed by atoms with E-state index in [4.69, 9.17) is 16.3 Å². The standard InChI is InChI=1S/C37H39BrClN3O5S/c1-26-15-18-32(19-16-26)48(45,46)42(31-17-20-35(47-2)33(39)23-31)25-36(43)41(24-28-11-8-12-29(38)21-28)34(22-27-9-4-3-5-10-27)37(44)40-30-13-6-7-14-30/h3-5,8-12,15-21,23,30,34H,6-7,13-14,22,24-25H2,1-2H3,(H,40,44)/t34-/m0/s1. The fourth-order valence-electron chi connectivity index (χ4n) is 5.93. The Bertz CT molecular complexity index is 1830. The molecule has 11 heteroatoms. The number of aryl methyl sites for hydroxylation is 1. The molecule has 0 bridgehead atoms. The lowest BCUT2D eigenvalue weighted by atomic mass is 10.0. The highest BCUT2D eigenvalue weighted by Gasteiger charge is 2.35. The summed E-state index contributed by atoms with van der Waals surface area (Å²) in [5.74, 6) is -0.447. The Morgan fingerprint density at radius 1 is 0.938 bits per heavy atom. The number of rotatable bonds is 13. The van der Waals surface area contributed by atoms with Crippen LogP contribution in [0.2, 0.25) is 5.02 Å². The second kappa shape index (κ2) is 16.0. The zero-order valence-corrected chi connectivity index (χ0v) is 30.1. The van der Waals surface area contributed by atoms with Crippen molar-refractivity contribution in [2.45, 2.75) is 62.6 Å². The molecule has 0 aromatic heterocycles. The van der Waals surface area contributed by atoms with Gasteiger partial charge in [-0.3, -0.25) is 13.9 Å². The minimum Gasteiger partial charge on any atom is -0.495 e. The van der Waals surface area contributed by atoms with E-state index in [0.717, 1.165) is 51.2 Å².